The lowest BCUT2D eigenvalue weighted by Gasteiger charge is -2.22. The lowest BCUT2D eigenvalue weighted by Crippen LogP contribution is -2.33. The molecule has 2 N–H and O–H groups in total. The van der Waals surface area contributed by atoms with Gasteiger partial charge in [-0.1, -0.05) is 25.0 Å². The van der Waals surface area contributed by atoms with E-state index in [4.69, 9.17) is 5.26 Å². The van der Waals surface area contributed by atoms with Crippen molar-refractivity contribution in [3.8, 4) is 6.07 Å². The molecule has 2 unspecified atom stereocenters. The maximum Gasteiger partial charge on any atom is 0.0669 e. The second kappa shape index (κ2) is 7.91. The van der Waals surface area contributed by atoms with Crippen LogP contribution in [-0.2, 0) is 6.42 Å². The normalized spacial score (nSPS) is 20.7. The van der Waals surface area contributed by atoms with E-state index in [1.165, 1.54) is 38.6 Å². The summed E-state index contributed by atoms with van der Waals surface area (Å²) in [5.74, 6) is 0. The number of anilines is 1. The molecule has 0 amide bonds. The molecule has 0 bridgehead atoms. The van der Waals surface area contributed by atoms with Gasteiger partial charge in [0.25, 0.3) is 0 Å². The first kappa shape index (κ1) is 14.9. The van der Waals surface area contributed by atoms with Crippen LogP contribution in [0.4, 0.5) is 5.69 Å². The van der Waals surface area contributed by atoms with Crippen LogP contribution in [0.3, 0.4) is 0 Å². The topological polar surface area (TPSA) is 47.8 Å². The zero-order valence-corrected chi connectivity index (χ0v) is 12.4. The Hall–Kier alpha value is -1.53. The molecule has 1 heterocycles. The standard InChI is InChI=1S/C17H25N3/c1-14(13-17-5-3-2-4-12-19-17)20-16-8-6-15(7-9-16)10-11-18/h6-9,14,17,19-20H,2-5,10,12-13H2,1H3. The number of hydrogen-bond acceptors (Lipinski definition) is 3. The Labute approximate surface area is 122 Å². The van der Waals surface area contributed by atoms with Gasteiger partial charge in [0.05, 0.1) is 12.5 Å². The third-order valence-corrected chi connectivity index (χ3v) is 3.95. The number of nitrogens with zero attached hydrogens (tertiary/aromatic N) is 1. The molecule has 20 heavy (non-hydrogen) atoms. The van der Waals surface area contributed by atoms with Gasteiger partial charge in [-0.15, -0.1) is 0 Å². The van der Waals surface area contributed by atoms with Crippen LogP contribution in [0, 0.1) is 11.3 Å². The van der Waals surface area contributed by atoms with E-state index in [0.29, 0.717) is 18.5 Å². The van der Waals surface area contributed by atoms with Crippen molar-refractivity contribution in [3.05, 3.63) is 29.8 Å². The van der Waals surface area contributed by atoms with Crippen molar-refractivity contribution in [2.75, 3.05) is 11.9 Å². The summed E-state index contributed by atoms with van der Waals surface area (Å²) < 4.78 is 0. The lowest BCUT2D eigenvalue weighted by atomic mass is 10.0. The molecule has 3 heteroatoms. The molecule has 0 aliphatic carbocycles. The van der Waals surface area contributed by atoms with Crippen molar-refractivity contribution < 1.29 is 0 Å². The van der Waals surface area contributed by atoms with E-state index in [0.717, 1.165) is 11.3 Å². The summed E-state index contributed by atoms with van der Waals surface area (Å²) in [6.07, 6.45) is 6.99. The average Bonchev–Trinajstić information content (AvgIpc) is 2.70. The van der Waals surface area contributed by atoms with Gasteiger partial charge in [0.1, 0.15) is 0 Å². The molecule has 1 aromatic rings. The van der Waals surface area contributed by atoms with Gasteiger partial charge in [-0.05, 0) is 50.4 Å². The van der Waals surface area contributed by atoms with Crippen molar-refractivity contribution in [2.45, 2.75) is 57.5 Å². The highest BCUT2D eigenvalue weighted by Crippen LogP contribution is 2.16. The Morgan fingerprint density at radius 3 is 2.85 bits per heavy atom. The molecule has 2 atom stereocenters. The van der Waals surface area contributed by atoms with Gasteiger partial charge in [0.15, 0.2) is 0 Å². The van der Waals surface area contributed by atoms with Crippen LogP contribution < -0.4 is 10.6 Å². The molecule has 3 nitrogen and oxygen atoms in total. The van der Waals surface area contributed by atoms with Crippen LogP contribution >= 0.6 is 0 Å². The van der Waals surface area contributed by atoms with E-state index < -0.39 is 0 Å². The van der Waals surface area contributed by atoms with Gasteiger partial charge in [-0.25, -0.2) is 0 Å². The van der Waals surface area contributed by atoms with E-state index in [1.54, 1.807) is 0 Å². The second-order valence-electron chi connectivity index (χ2n) is 5.81. The SMILES string of the molecule is CC(CC1CCCCCN1)Nc1ccc(CC#N)cc1. The van der Waals surface area contributed by atoms with Gasteiger partial charge in [-0.3, -0.25) is 0 Å². The molecule has 0 spiro atoms. The van der Waals surface area contributed by atoms with E-state index in [-0.39, 0.29) is 0 Å². The zero-order valence-electron chi connectivity index (χ0n) is 12.4. The van der Waals surface area contributed by atoms with Crippen molar-refractivity contribution in [1.82, 2.24) is 5.32 Å². The van der Waals surface area contributed by atoms with E-state index in [2.05, 4.69) is 35.8 Å². The van der Waals surface area contributed by atoms with Crippen LogP contribution in [0.5, 0.6) is 0 Å². The van der Waals surface area contributed by atoms with Crippen molar-refractivity contribution in [3.63, 3.8) is 0 Å². The molecule has 2 rings (SSSR count). The fraction of sp³-hybridized carbons (Fsp3) is 0.588. The Kier molecular flexibility index (Phi) is 5.88. The number of benzene rings is 1. The Morgan fingerprint density at radius 1 is 1.30 bits per heavy atom. The highest BCUT2D eigenvalue weighted by atomic mass is 15.0. The number of nitriles is 1. The van der Waals surface area contributed by atoms with Crippen molar-refractivity contribution >= 4 is 5.69 Å². The minimum atomic E-state index is 0.465. The number of rotatable bonds is 5. The first-order valence-electron chi connectivity index (χ1n) is 7.74. The maximum atomic E-state index is 8.67. The van der Waals surface area contributed by atoms with Crippen LogP contribution in [0.15, 0.2) is 24.3 Å². The minimum absolute atomic E-state index is 0.465. The second-order valence-corrected chi connectivity index (χ2v) is 5.81. The maximum absolute atomic E-state index is 8.67. The van der Waals surface area contributed by atoms with Crippen LogP contribution in [-0.4, -0.2) is 18.6 Å². The Morgan fingerprint density at radius 2 is 2.10 bits per heavy atom. The van der Waals surface area contributed by atoms with Crippen molar-refractivity contribution in [2.24, 2.45) is 0 Å². The average molecular weight is 271 g/mol. The quantitative estimate of drug-likeness (QED) is 0.862. The Balaban J connectivity index is 1.81. The van der Waals surface area contributed by atoms with Gasteiger partial charge in [0, 0.05) is 17.8 Å². The molecule has 108 valence electrons. The molecule has 1 fully saturated rings. The molecule has 1 aliphatic rings. The molecule has 0 saturated carbocycles. The highest BCUT2D eigenvalue weighted by molar-refractivity contribution is 5.45. The van der Waals surface area contributed by atoms with E-state index in [9.17, 15) is 0 Å². The molecule has 1 saturated heterocycles. The summed E-state index contributed by atoms with van der Waals surface area (Å²) in [5, 5.41) is 15.9. The predicted molar refractivity (Wildman–Crippen MR) is 83.7 cm³/mol. The Bertz CT molecular complexity index is 425. The van der Waals surface area contributed by atoms with E-state index in [1.807, 2.05) is 12.1 Å². The minimum Gasteiger partial charge on any atom is -0.383 e. The molecule has 1 aromatic carbocycles. The largest absolute Gasteiger partial charge is 0.383 e. The monoisotopic (exact) mass is 271 g/mol. The van der Waals surface area contributed by atoms with Crippen LogP contribution in [0.2, 0.25) is 0 Å². The summed E-state index contributed by atoms with van der Waals surface area (Å²) in [6, 6.07) is 11.5. The summed E-state index contributed by atoms with van der Waals surface area (Å²) in [5.41, 5.74) is 2.23. The van der Waals surface area contributed by atoms with Gasteiger partial charge in [-0.2, -0.15) is 5.26 Å². The smallest absolute Gasteiger partial charge is 0.0669 e. The molecular weight excluding hydrogens is 246 g/mol. The van der Waals surface area contributed by atoms with Crippen LogP contribution in [0.1, 0.15) is 44.6 Å². The number of nitrogens with one attached hydrogen (secondary N) is 2. The first-order valence-corrected chi connectivity index (χ1v) is 7.74. The summed E-state index contributed by atoms with van der Waals surface area (Å²) >= 11 is 0. The summed E-state index contributed by atoms with van der Waals surface area (Å²) in [7, 11) is 0. The third kappa shape index (κ3) is 4.86. The van der Waals surface area contributed by atoms with Gasteiger partial charge < -0.3 is 10.6 Å². The summed E-state index contributed by atoms with van der Waals surface area (Å²) in [6.45, 7) is 3.41. The fourth-order valence-electron chi connectivity index (χ4n) is 2.88. The lowest BCUT2D eigenvalue weighted by molar-refractivity contribution is 0.456. The molecule has 0 radical (unpaired) electrons. The van der Waals surface area contributed by atoms with Gasteiger partial charge >= 0.3 is 0 Å². The summed E-state index contributed by atoms with van der Waals surface area (Å²) in [4.78, 5) is 0. The van der Waals surface area contributed by atoms with Gasteiger partial charge in [0.2, 0.25) is 0 Å². The first-order chi connectivity index (χ1) is 9.78. The molecule has 1 aliphatic heterocycles. The number of hydrogen-bond donors (Lipinski definition) is 2. The van der Waals surface area contributed by atoms with Crippen molar-refractivity contribution in [1.29, 1.82) is 5.26 Å². The zero-order chi connectivity index (χ0) is 14.2. The molecular formula is C17H25N3. The van der Waals surface area contributed by atoms with E-state index >= 15 is 0 Å². The highest BCUT2D eigenvalue weighted by Gasteiger charge is 2.14. The predicted octanol–water partition coefficient (Wildman–Crippen LogP) is 3.48. The molecule has 0 aromatic heterocycles. The van der Waals surface area contributed by atoms with Crippen LogP contribution in [0.25, 0.3) is 0 Å². The fourth-order valence-corrected chi connectivity index (χ4v) is 2.88. The third-order valence-electron chi connectivity index (χ3n) is 3.95.